The molecule has 0 saturated carbocycles. The Labute approximate surface area is 178 Å². The fraction of sp³-hybridized carbons (Fsp3) is 0.400. The predicted molar refractivity (Wildman–Crippen MR) is 113 cm³/mol. The average molecular weight is 428 g/mol. The third-order valence-corrected chi connectivity index (χ3v) is 4.43. The van der Waals surface area contributed by atoms with Crippen molar-refractivity contribution in [1.29, 1.82) is 0 Å². The van der Waals surface area contributed by atoms with Crippen LogP contribution in [0.2, 0.25) is 0 Å². The van der Waals surface area contributed by atoms with Crippen LogP contribution < -0.4 is 15.4 Å². The van der Waals surface area contributed by atoms with Gasteiger partial charge in [0.2, 0.25) is 5.91 Å². The molecule has 2 heterocycles. The summed E-state index contributed by atoms with van der Waals surface area (Å²) in [6.45, 7) is 5.60. The molecule has 0 aliphatic carbocycles. The van der Waals surface area contributed by atoms with E-state index in [1.807, 2.05) is 56.3 Å². The maximum atomic E-state index is 12.5. The molecule has 8 heteroatoms. The number of carbonyl (C=O) groups excluding carboxylic acids is 1. The Hall–Kier alpha value is -1.86. The van der Waals surface area contributed by atoms with Crippen LogP contribution in [0.5, 0.6) is 5.75 Å². The SMILES string of the molecule is CC(NC(=O)[C@H]1NCCO[C@@H]1C)c1cccc(OCc2ccccn2)c1.Cl.Cl. The van der Waals surface area contributed by atoms with E-state index in [2.05, 4.69) is 15.6 Å². The zero-order valence-corrected chi connectivity index (χ0v) is 17.6. The second-order valence-corrected chi connectivity index (χ2v) is 6.42. The second kappa shape index (κ2) is 11.9. The number of aromatic nitrogens is 1. The summed E-state index contributed by atoms with van der Waals surface area (Å²) in [6.07, 6.45) is 1.61. The highest BCUT2D eigenvalue weighted by molar-refractivity contribution is 5.85. The number of morpholine rings is 1. The first kappa shape index (κ1) is 24.2. The van der Waals surface area contributed by atoms with Crippen molar-refractivity contribution in [3.63, 3.8) is 0 Å². The Bertz CT molecular complexity index is 734. The van der Waals surface area contributed by atoms with Crippen molar-refractivity contribution >= 4 is 30.7 Å². The van der Waals surface area contributed by atoms with Crippen LogP contribution in [0.15, 0.2) is 48.7 Å². The lowest BCUT2D eigenvalue weighted by atomic mass is 10.1. The van der Waals surface area contributed by atoms with Crippen molar-refractivity contribution in [1.82, 2.24) is 15.6 Å². The standard InChI is InChI=1S/C20H25N3O3.2ClH/c1-14(23-20(24)19-15(2)25-11-10-22-19)16-6-5-8-18(12-16)26-13-17-7-3-4-9-21-17;;/h3-9,12,14-15,19,22H,10-11,13H2,1-2H3,(H,23,24);2*1H/t14?,15-,19+;;/m1../s1. The van der Waals surface area contributed by atoms with E-state index >= 15 is 0 Å². The molecule has 3 atom stereocenters. The van der Waals surface area contributed by atoms with Crippen LogP contribution in [0.25, 0.3) is 0 Å². The highest BCUT2D eigenvalue weighted by Crippen LogP contribution is 2.20. The molecule has 3 rings (SSSR count). The first-order valence-electron chi connectivity index (χ1n) is 8.91. The summed E-state index contributed by atoms with van der Waals surface area (Å²) >= 11 is 0. The Morgan fingerprint density at radius 2 is 2.14 bits per heavy atom. The topological polar surface area (TPSA) is 72.5 Å². The first-order valence-corrected chi connectivity index (χ1v) is 8.91. The summed E-state index contributed by atoms with van der Waals surface area (Å²) in [5.74, 6) is 0.700. The lowest BCUT2D eigenvalue weighted by molar-refractivity contribution is -0.129. The van der Waals surface area contributed by atoms with Gasteiger partial charge in [-0.2, -0.15) is 0 Å². The Balaban J connectivity index is 0.00000196. The third-order valence-electron chi connectivity index (χ3n) is 4.43. The number of pyridine rings is 1. The van der Waals surface area contributed by atoms with Gasteiger partial charge in [-0.15, -0.1) is 24.8 Å². The molecule has 1 fully saturated rings. The minimum Gasteiger partial charge on any atom is -0.487 e. The quantitative estimate of drug-likeness (QED) is 0.740. The minimum absolute atomic E-state index is 0. The number of ether oxygens (including phenoxy) is 2. The van der Waals surface area contributed by atoms with Gasteiger partial charge in [-0.1, -0.05) is 18.2 Å². The van der Waals surface area contributed by atoms with Gasteiger partial charge in [0.25, 0.3) is 0 Å². The molecule has 1 aliphatic rings. The molecule has 0 bridgehead atoms. The number of nitrogens with zero attached hydrogens (tertiary/aromatic N) is 1. The van der Waals surface area contributed by atoms with Gasteiger partial charge in [0, 0.05) is 12.7 Å². The molecule has 1 aromatic heterocycles. The molecule has 1 unspecified atom stereocenters. The van der Waals surface area contributed by atoms with E-state index in [0.29, 0.717) is 19.8 Å². The van der Waals surface area contributed by atoms with E-state index in [4.69, 9.17) is 9.47 Å². The number of hydrogen-bond acceptors (Lipinski definition) is 5. The average Bonchev–Trinajstić information content (AvgIpc) is 2.67. The number of amides is 1. The second-order valence-electron chi connectivity index (χ2n) is 6.42. The van der Waals surface area contributed by atoms with Crippen molar-refractivity contribution < 1.29 is 14.3 Å². The molecule has 0 spiro atoms. The van der Waals surface area contributed by atoms with Crippen LogP contribution in [0.4, 0.5) is 0 Å². The van der Waals surface area contributed by atoms with Crippen LogP contribution >= 0.6 is 24.8 Å². The van der Waals surface area contributed by atoms with Crippen molar-refractivity contribution in [2.75, 3.05) is 13.2 Å². The lowest BCUT2D eigenvalue weighted by Gasteiger charge is -2.30. The highest BCUT2D eigenvalue weighted by atomic mass is 35.5. The van der Waals surface area contributed by atoms with Gasteiger partial charge >= 0.3 is 0 Å². The van der Waals surface area contributed by atoms with Gasteiger partial charge in [-0.05, 0) is 43.7 Å². The summed E-state index contributed by atoms with van der Waals surface area (Å²) in [6, 6.07) is 13.0. The van der Waals surface area contributed by atoms with Gasteiger partial charge in [0.05, 0.1) is 24.4 Å². The zero-order valence-electron chi connectivity index (χ0n) is 16.0. The Kier molecular flexibility index (Phi) is 10.2. The van der Waals surface area contributed by atoms with Crippen LogP contribution in [0, 0.1) is 0 Å². The van der Waals surface area contributed by atoms with E-state index in [1.54, 1.807) is 6.20 Å². The van der Waals surface area contributed by atoms with Crippen molar-refractivity contribution in [3.8, 4) is 5.75 Å². The number of carbonyl (C=O) groups is 1. The third kappa shape index (κ3) is 6.63. The molecule has 154 valence electrons. The van der Waals surface area contributed by atoms with Gasteiger partial charge < -0.3 is 20.1 Å². The number of benzene rings is 1. The molecular weight excluding hydrogens is 401 g/mol. The minimum atomic E-state index is -0.324. The number of nitrogens with one attached hydrogen (secondary N) is 2. The monoisotopic (exact) mass is 427 g/mol. The summed E-state index contributed by atoms with van der Waals surface area (Å²) in [7, 11) is 0. The number of halogens is 2. The molecule has 1 saturated heterocycles. The lowest BCUT2D eigenvalue weighted by Crippen LogP contribution is -2.55. The summed E-state index contributed by atoms with van der Waals surface area (Å²) in [4.78, 5) is 16.7. The molecule has 2 N–H and O–H groups in total. The molecule has 1 aliphatic heterocycles. The maximum absolute atomic E-state index is 12.5. The Morgan fingerprint density at radius 3 is 2.86 bits per heavy atom. The molecule has 1 aromatic carbocycles. The van der Waals surface area contributed by atoms with Crippen LogP contribution in [0.3, 0.4) is 0 Å². The Morgan fingerprint density at radius 1 is 1.32 bits per heavy atom. The summed E-state index contributed by atoms with van der Waals surface area (Å²) in [5.41, 5.74) is 1.86. The molecule has 1 amide bonds. The predicted octanol–water partition coefficient (Wildman–Crippen LogP) is 3.06. The van der Waals surface area contributed by atoms with Gasteiger partial charge in [0.1, 0.15) is 18.4 Å². The van der Waals surface area contributed by atoms with E-state index in [9.17, 15) is 4.79 Å². The molecule has 6 nitrogen and oxygen atoms in total. The zero-order chi connectivity index (χ0) is 18.4. The largest absolute Gasteiger partial charge is 0.487 e. The van der Waals surface area contributed by atoms with Gasteiger partial charge in [0.15, 0.2) is 0 Å². The van der Waals surface area contributed by atoms with Crippen LogP contribution in [0.1, 0.15) is 31.1 Å². The smallest absolute Gasteiger partial charge is 0.240 e. The van der Waals surface area contributed by atoms with Crippen molar-refractivity contribution in [3.05, 3.63) is 59.9 Å². The van der Waals surface area contributed by atoms with E-state index < -0.39 is 0 Å². The number of hydrogen-bond donors (Lipinski definition) is 2. The van der Waals surface area contributed by atoms with Crippen molar-refractivity contribution in [2.24, 2.45) is 0 Å². The summed E-state index contributed by atoms with van der Waals surface area (Å²) < 4.78 is 11.4. The van der Waals surface area contributed by atoms with E-state index in [1.165, 1.54) is 0 Å². The fourth-order valence-electron chi connectivity index (χ4n) is 2.93. The van der Waals surface area contributed by atoms with Crippen LogP contribution in [-0.4, -0.2) is 36.2 Å². The normalized spacial score (nSPS) is 19.5. The van der Waals surface area contributed by atoms with Crippen molar-refractivity contribution in [2.45, 2.75) is 38.6 Å². The first-order chi connectivity index (χ1) is 12.6. The summed E-state index contributed by atoms with van der Waals surface area (Å²) in [5, 5.41) is 6.25. The molecule has 28 heavy (non-hydrogen) atoms. The van der Waals surface area contributed by atoms with Gasteiger partial charge in [-0.3, -0.25) is 9.78 Å². The molecular formula is C20H27Cl2N3O3. The van der Waals surface area contributed by atoms with Gasteiger partial charge in [-0.25, -0.2) is 0 Å². The highest BCUT2D eigenvalue weighted by Gasteiger charge is 2.29. The molecule has 2 aromatic rings. The maximum Gasteiger partial charge on any atom is 0.240 e. The fourth-order valence-corrected chi connectivity index (χ4v) is 2.93. The molecule has 0 radical (unpaired) electrons. The van der Waals surface area contributed by atoms with E-state index in [0.717, 1.165) is 17.0 Å². The number of rotatable bonds is 6. The van der Waals surface area contributed by atoms with Crippen LogP contribution in [-0.2, 0) is 16.1 Å². The van der Waals surface area contributed by atoms with E-state index in [-0.39, 0.29) is 48.9 Å².